The minimum absolute atomic E-state index is 0.0374. The van der Waals surface area contributed by atoms with Gasteiger partial charge in [-0.3, -0.25) is 0 Å². The molecule has 0 radical (unpaired) electrons. The van der Waals surface area contributed by atoms with Crippen LogP contribution in [0.25, 0.3) is 0 Å². The normalized spacial score (nSPS) is 25.2. The van der Waals surface area contributed by atoms with E-state index < -0.39 is 5.60 Å². The largest absolute Gasteiger partial charge is 0.388 e. The second kappa shape index (κ2) is 4.21. The van der Waals surface area contributed by atoms with E-state index >= 15 is 0 Å². The Labute approximate surface area is 74.3 Å². The van der Waals surface area contributed by atoms with Crippen molar-refractivity contribution < 1.29 is 5.11 Å². The second-order valence-electron chi connectivity index (χ2n) is 3.75. The fourth-order valence-corrected chi connectivity index (χ4v) is 1.81. The third kappa shape index (κ3) is 2.19. The number of rotatable bonds is 3. The van der Waals surface area contributed by atoms with Crippen LogP contribution in [0, 0.1) is 0 Å². The van der Waals surface area contributed by atoms with Crippen molar-refractivity contribution in [3.8, 4) is 0 Å². The van der Waals surface area contributed by atoms with Crippen molar-refractivity contribution in [3.63, 3.8) is 0 Å². The first-order chi connectivity index (χ1) is 5.69. The zero-order chi connectivity index (χ0) is 9.03. The molecule has 0 aromatic heterocycles. The number of hydrogen-bond donors (Lipinski definition) is 3. The Hall–Kier alpha value is -0.120. The molecular weight excluding hydrogens is 152 g/mol. The summed E-state index contributed by atoms with van der Waals surface area (Å²) in [6.45, 7) is 3.89. The fourth-order valence-electron chi connectivity index (χ4n) is 1.81. The molecule has 1 rings (SSSR count). The van der Waals surface area contributed by atoms with Crippen LogP contribution in [0.5, 0.6) is 0 Å². The van der Waals surface area contributed by atoms with Gasteiger partial charge in [0.1, 0.15) is 0 Å². The summed E-state index contributed by atoms with van der Waals surface area (Å²) >= 11 is 0. The average Bonchev–Trinajstić information content (AvgIpc) is 2.06. The zero-order valence-electron chi connectivity index (χ0n) is 7.84. The number of nitrogens with one attached hydrogen (secondary N) is 1. The van der Waals surface area contributed by atoms with E-state index in [1.165, 1.54) is 0 Å². The predicted octanol–water partition coefficient (Wildman–Crippen LogP) is 0.228. The minimum atomic E-state index is -0.596. The molecule has 1 aliphatic heterocycles. The summed E-state index contributed by atoms with van der Waals surface area (Å²) in [5, 5.41) is 13.3. The molecule has 1 aliphatic rings. The highest BCUT2D eigenvalue weighted by Crippen LogP contribution is 2.23. The van der Waals surface area contributed by atoms with E-state index in [9.17, 15) is 5.11 Å². The van der Waals surface area contributed by atoms with Crippen molar-refractivity contribution in [1.82, 2.24) is 5.32 Å². The molecule has 0 spiro atoms. The molecule has 1 heterocycles. The monoisotopic (exact) mass is 172 g/mol. The lowest BCUT2D eigenvalue weighted by Gasteiger charge is -2.37. The van der Waals surface area contributed by atoms with Gasteiger partial charge in [0.15, 0.2) is 0 Å². The number of aliphatic hydroxyl groups is 1. The van der Waals surface area contributed by atoms with E-state index in [0.29, 0.717) is 0 Å². The third-order valence-electron chi connectivity index (χ3n) is 2.76. The first-order valence-electron chi connectivity index (χ1n) is 4.88. The summed E-state index contributed by atoms with van der Waals surface area (Å²) in [7, 11) is 0. The molecule has 0 bridgehead atoms. The van der Waals surface area contributed by atoms with Crippen LogP contribution in [-0.4, -0.2) is 29.8 Å². The van der Waals surface area contributed by atoms with Crippen molar-refractivity contribution in [3.05, 3.63) is 0 Å². The van der Waals surface area contributed by atoms with E-state index in [4.69, 9.17) is 5.73 Å². The first-order valence-corrected chi connectivity index (χ1v) is 4.88. The lowest BCUT2D eigenvalue weighted by molar-refractivity contribution is -0.0157. The fraction of sp³-hybridized carbons (Fsp3) is 1.00. The summed E-state index contributed by atoms with van der Waals surface area (Å²) in [5.41, 5.74) is 5.32. The first kappa shape index (κ1) is 9.96. The van der Waals surface area contributed by atoms with Crippen molar-refractivity contribution in [2.45, 2.75) is 44.2 Å². The van der Waals surface area contributed by atoms with E-state index in [2.05, 4.69) is 12.2 Å². The van der Waals surface area contributed by atoms with Crippen molar-refractivity contribution in [2.75, 3.05) is 13.1 Å². The van der Waals surface area contributed by atoms with Gasteiger partial charge in [-0.15, -0.1) is 0 Å². The van der Waals surface area contributed by atoms with E-state index in [-0.39, 0.29) is 6.04 Å². The van der Waals surface area contributed by atoms with Gasteiger partial charge in [0.05, 0.1) is 5.60 Å². The maximum atomic E-state index is 10.1. The Morgan fingerprint density at radius 1 is 1.50 bits per heavy atom. The molecule has 4 N–H and O–H groups in total. The van der Waals surface area contributed by atoms with Crippen LogP contribution < -0.4 is 11.1 Å². The molecule has 1 fully saturated rings. The molecule has 3 nitrogen and oxygen atoms in total. The quantitative estimate of drug-likeness (QED) is 0.571. The van der Waals surface area contributed by atoms with Crippen LogP contribution in [0.4, 0.5) is 0 Å². The van der Waals surface area contributed by atoms with Gasteiger partial charge in [-0.25, -0.2) is 0 Å². The molecule has 0 aromatic rings. The number of nitrogens with two attached hydrogens (primary N) is 1. The summed E-state index contributed by atoms with van der Waals surface area (Å²) in [6, 6.07) is -0.0374. The molecule has 12 heavy (non-hydrogen) atoms. The second-order valence-corrected chi connectivity index (χ2v) is 3.75. The molecule has 3 heteroatoms. The standard InChI is InChI=1S/C9H20N2O/c1-2-3-8(10)9(12)4-6-11-7-5-9/h8,11-12H,2-7,10H2,1H3. The zero-order valence-corrected chi connectivity index (χ0v) is 7.84. The maximum absolute atomic E-state index is 10.1. The maximum Gasteiger partial charge on any atom is 0.0822 e. The highest BCUT2D eigenvalue weighted by molar-refractivity contribution is 4.92. The van der Waals surface area contributed by atoms with Gasteiger partial charge in [-0.2, -0.15) is 0 Å². The highest BCUT2D eigenvalue weighted by Gasteiger charge is 2.34. The predicted molar refractivity (Wildman–Crippen MR) is 49.9 cm³/mol. The van der Waals surface area contributed by atoms with Crippen LogP contribution >= 0.6 is 0 Å². The third-order valence-corrected chi connectivity index (χ3v) is 2.76. The Morgan fingerprint density at radius 2 is 2.08 bits per heavy atom. The lowest BCUT2D eigenvalue weighted by atomic mass is 9.83. The number of piperidine rings is 1. The van der Waals surface area contributed by atoms with E-state index in [0.717, 1.165) is 38.8 Å². The Bertz CT molecular complexity index is 132. The van der Waals surface area contributed by atoms with Crippen LogP contribution in [0.1, 0.15) is 32.6 Å². The average molecular weight is 172 g/mol. The SMILES string of the molecule is CCCC(N)C1(O)CCNCC1. The van der Waals surface area contributed by atoms with Gasteiger partial charge in [0.2, 0.25) is 0 Å². The molecule has 0 amide bonds. The highest BCUT2D eigenvalue weighted by atomic mass is 16.3. The Balaban J connectivity index is 2.44. The molecule has 1 unspecified atom stereocenters. The molecule has 72 valence electrons. The molecular formula is C9H20N2O. The summed E-state index contributed by atoms with van der Waals surface area (Å²) in [4.78, 5) is 0. The van der Waals surface area contributed by atoms with Gasteiger partial charge >= 0.3 is 0 Å². The summed E-state index contributed by atoms with van der Waals surface area (Å²) < 4.78 is 0. The molecule has 0 aromatic carbocycles. The molecule has 1 saturated heterocycles. The van der Waals surface area contributed by atoms with Crippen LogP contribution in [0.2, 0.25) is 0 Å². The van der Waals surface area contributed by atoms with Crippen molar-refractivity contribution in [1.29, 1.82) is 0 Å². The molecule has 1 atom stereocenters. The van der Waals surface area contributed by atoms with Gasteiger partial charge in [-0.1, -0.05) is 13.3 Å². The van der Waals surface area contributed by atoms with Crippen molar-refractivity contribution in [2.24, 2.45) is 5.73 Å². The van der Waals surface area contributed by atoms with E-state index in [1.54, 1.807) is 0 Å². The number of hydrogen-bond acceptors (Lipinski definition) is 3. The van der Waals surface area contributed by atoms with Gasteiger partial charge in [-0.05, 0) is 32.4 Å². The topological polar surface area (TPSA) is 58.3 Å². The van der Waals surface area contributed by atoms with Gasteiger partial charge in [0, 0.05) is 6.04 Å². The lowest BCUT2D eigenvalue weighted by Crippen LogP contribution is -2.53. The van der Waals surface area contributed by atoms with Crippen LogP contribution in [0.15, 0.2) is 0 Å². The van der Waals surface area contributed by atoms with E-state index in [1.807, 2.05) is 0 Å². The van der Waals surface area contributed by atoms with Gasteiger partial charge < -0.3 is 16.2 Å². The summed E-state index contributed by atoms with van der Waals surface area (Å²) in [5.74, 6) is 0. The van der Waals surface area contributed by atoms with Crippen molar-refractivity contribution >= 4 is 0 Å². The summed E-state index contributed by atoms with van der Waals surface area (Å²) in [6.07, 6.45) is 3.58. The van der Waals surface area contributed by atoms with Gasteiger partial charge in [0.25, 0.3) is 0 Å². The Morgan fingerprint density at radius 3 is 2.58 bits per heavy atom. The molecule has 0 saturated carbocycles. The minimum Gasteiger partial charge on any atom is -0.388 e. The Kier molecular flexibility index (Phi) is 3.50. The smallest absolute Gasteiger partial charge is 0.0822 e. The molecule has 0 aliphatic carbocycles. The van der Waals surface area contributed by atoms with Crippen LogP contribution in [0.3, 0.4) is 0 Å². The van der Waals surface area contributed by atoms with Crippen LogP contribution in [-0.2, 0) is 0 Å².